The smallest absolute Gasteiger partial charge is 0.223 e. The fourth-order valence-corrected chi connectivity index (χ4v) is 3.02. The monoisotopic (exact) mass is 260 g/mol. The number of carbonyl (C=O) groups excluding carboxylic acids is 1. The lowest BCUT2D eigenvalue weighted by molar-refractivity contribution is -0.133. The molecule has 0 radical (unpaired) electrons. The van der Waals surface area contributed by atoms with E-state index in [-0.39, 0.29) is 0 Å². The molecular formula is C14H20N4O. The van der Waals surface area contributed by atoms with Gasteiger partial charge in [-0.15, -0.1) is 0 Å². The molecule has 2 aliphatic rings. The highest BCUT2D eigenvalue weighted by atomic mass is 16.2. The molecule has 0 spiro atoms. The van der Waals surface area contributed by atoms with Gasteiger partial charge in [0.2, 0.25) is 5.91 Å². The standard InChI is InChI=1S/C14H20N4O/c19-14(8-12-4-1-2-5-12)17-7-3-6-13(9-17)18-11-15-10-16-18/h1,4,10-13H,2-3,5-9H2/t12-,13+/m0/s1. The van der Waals surface area contributed by atoms with Crippen LogP contribution in [0.1, 0.15) is 38.1 Å². The summed E-state index contributed by atoms with van der Waals surface area (Å²) >= 11 is 0. The Labute approximate surface area is 113 Å². The molecule has 1 amide bonds. The van der Waals surface area contributed by atoms with E-state index in [2.05, 4.69) is 22.2 Å². The molecule has 1 saturated heterocycles. The van der Waals surface area contributed by atoms with E-state index >= 15 is 0 Å². The average molecular weight is 260 g/mol. The molecule has 0 bridgehead atoms. The third-order valence-electron chi connectivity index (χ3n) is 4.11. The number of aromatic nitrogens is 3. The van der Waals surface area contributed by atoms with Crippen molar-refractivity contribution in [3.05, 3.63) is 24.8 Å². The number of carbonyl (C=O) groups is 1. The first-order valence-corrected chi connectivity index (χ1v) is 7.11. The first-order valence-electron chi connectivity index (χ1n) is 7.11. The van der Waals surface area contributed by atoms with E-state index in [4.69, 9.17) is 0 Å². The maximum Gasteiger partial charge on any atom is 0.223 e. The summed E-state index contributed by atoms with van der Waals surface area (Å²) in [7, 11) is 0. The van der Waals surface area contributed by atoms with Crippen LogP contribution in [0, 0.1) is 5.92 Å². The van der Waals surface area contributed by atoms with Crippen LogP contribution < -0.4 is 0 Å². The summed E-state index contributed by atoms with van der Waals surface area (Å²) in [4.78, 5) is 18.3. The van der Waals surface area contributed by atoms with E-state index in [1.807, 2.05) is 9.58 Å². The van der Waals surface area contributed by atoms with Crippen molar-refractivity contribution < 1.29 is 4.79 Å². The molecule has 0 unspecified atom stereocenters. The van der Waals surface area contributed by atoms with Crippen LogP contribution in [0.15, 0.2) is 24.8 Å². The van der Waals surface area contributed by atoms with E-state index < -0.39 is 0 Å². The Morgan fingerprint density at radius 1 is 1.37 bits per heavy atom. The van der Waals surface area contributed by atoms with Gasteiger partial charge in [0.25, 0.3) is 0 Å². The van der Waals surface area contributed by atoms with Gasteiger partial charge in [-0.05, 0) is 31.6 Å². The van der Waals surface area contributed by atoms with Crippen molar-refractivity contribution in [1.29, 1.82) is 0 Å². The lowest BCUT2D eigenvalue weighted by atomic mass is 10.0. The predicted molar refractivity (Wildman–Crippen MR) is 71.4 cm³/mol. The highest BCUT2D eigenvalue weighted by Gasteiger charge is 2.26. The zero-order valence-electron chi connectivity index (χ0n) is 11.1. The van der Waals surface area contributed by atoms with Gasteiger partial charge < -0.3 is 4.90 Å². The van der Waals surface area contributed by atoms with E-state index in [1.54, 1.807) is 12.7 Å². The number of amides is 1. The topological polar surface area (TPSA) is 51.0 Å². The molecule has 5 heteroatoms. The fraction of sp³-hybridized carbons (Fsp3) is 0.643. The summed E-state index contributed by atoms with van der Waals surface area (Å²) in [5, 5.41) is 4.19. The van der Waals surface area contributed by atoms with Gasteiger partial charge in [-0.2, -0.15) is 5.10 Å². The summed E-state index contributed by atoms with van der Waals surface area (Å²) in [5.74, 6) is 0.751. The Kier molecular flexibility index (Phi) is 3.62. The van der Waals surface area contributed by atoms with E-state index in [1.165, 1.54) is 0 Å². The number of hydrogen-bond acceptors (Lipinski definition) is 3. The Morgan fingerprint density at radius 2 is 2.32 bits per heavy atom. The number of hydrogen-bond donors (Lipinski definition) is 0. The largest absolute Gasteiger partial charge is 0.341 e. The van der Waals surface area contributed by atoms with Crippen LogP contribution in [0.25, 0.3) is 0 Å². The molecule has 1 aromatic rings. The number of allylic oxidation sites excluding steroid dienone is 2. The first-order chi connectivity index (χ1) is 9.33. The second-order valence-electron chi connectivity index (χ2n) is 5.48. The highest BCUT2D eigenvalue weighted by molar-refractivity contribution is 5.76. The maximum absolute atomic E-state index is 12.3. The van der Waals surface area contributed by atoms with Crippen LogP contribution in [-0.4, -0.2) is 38.7 Å². The SMILES string of the molecule is O=C(C[C@H]1C=CCC1)N1CCC[C@@H](n2cncn2)C1. The number of nitrogens with zero attached hydrogens (tertiary/aromatic N) is 4. The van der Waals surface area contributed by atoms with Crippen molar-refractivity contribution >= 4 is 5.91 Å². The molecule has 1 aliphatic carbocycles. The number of likely N-dealkylation sites (tertiary alicyclic amines) is 1. The molecule has 0 N–H and O–H groups in total. The molecule has 102 valence electrons. The van der Waals surface area contributed by atoms with Gasteiger partial charge in [0, 0.05) is 19.5 Å². The van der Waals surface area contributed by atoms with Crippen molar-refractivity contribution in [1.82, 2.24) is 19.7 Å². The molecule has 1 aliphatic heterocycles. The predicted octanol–water partition coefficient (Wildman–Crippen LogP) is 1.80. The van der Waals surface area contributed by atoms with E-state index in [0.29, 0.717) is 24.3 Å². The third kappa shape index (κ3) is 2.85. The van der Waals surface area contributed by atoms with Crippen molar-refractivity contribution in [2.75, 3.05) is 13.1 Å². The minimum atomic E-state index is 0.291. The van der Waals surface area contributed by atoms with Crippen LogP contribution in [-0.2, 0) is 4.79 Å². The zero-order valence-corrected chi connectivity index (χ0v) is 11.1. The second kappa shape index (κ2) is 5.55. The molecule has 0 aromatic carbocycles. The van der Waals surface area contributed by atoms with Crippen molar-refractivity contribution in [3.63, 3.8) is 0 Å². The molecule has 1 aromatic heterocycles. The van der Waals surface area contributed by atoms with Crippen molar-refractivity contribution in [2.24, 2.45) is 5.92 Å². The Morgan fingerprint density at radius 3 is 3.05 bits per heavy atom. The molecule has 0 saturated carbocycles. The molecule has 1 fully saturated rings. The molecule has 5 nitrogen and oxygen atoms in total. The van der Waals surface area contributed by atoms with Gasteiger partial charge in [-0.1, -0.05) is 12.2 Å². The highest BCUT2D eigenvalue weighted by Crippen LogP contribution is 2.24. The second-order valence-corrected chi connectivity index (χ2v) is 5.48. The summed E-state index contributed by atoms with van der Waals surface area (Å²) in [6.07, 6.45) is 12.7. The van der Waals surface area contributed by atoms with Crippen molar-refractivity contribution in [3.8, 4) is 0 Å². The molecule has 19 heavy (non-hydrogen) atoms. The number of piperidine rings is 1. The first kappa shape index (κ1) is 12.4. The van der Waals surface area contributed by atoms with Crippen LogP contribution in [0.5, 0.6) is 0 Å². The van der Waals surface area contributed by atoms with Crippen LogP contribution in [0.3, 0.4) is 0 Å². The summed E-state index contributed by atoms with van der Waals surface area (Å²) in [6.45, 7) is 1.67. The minimum Gasteiger partial charge on any atom is -0.341 e. The maximum atomic E-state index is 12.3. The summed E-state index contributed by atoms with van der Waals surface area (Å²) < 4.78 is 1.88. The third-order valence-corrected chi connectivity index (χ3v) is 4.11. The minimum absolute atomic E-state index is 0.291. The van der Waals surface area contributed by atoms with Gasteiger partial charge >= 0.3 is 0 Å². The zero-order chi connectivity index (χ0) is 13.1. The van der Waals surface area contributed by atoms with E-state index in [9.17, 15) is 4.79 Å². The number of rotatable bonds is 3. The lowest BCUT2D eigenvalue weighted by Crippen LogP contribution is -2.41. The van der Waals surface area contributed by atoms with Crippen LogP contribution >= 0.6 is 0 Å². The molecule has 2 heterocycles. The summed E-state index contributed by atoms with van der Waals surface area (Å²) in [6, 6.07) is 0.291. The van der Waals surface area contributed by atoms with Crippen LogP contribution in [0.4, 0.5) is 0 Å². The van der Waals surface area contributed by atoms with Gasteiger partial charge in [-0.25, -0.2) is 9.67 Å². The average Bonchev–Trinajstić information content (AvgIpc) is 3.12. The quantitative estimate of drug-likeness (QED) is 0.779. The molecule has 3 rings (SSSR count). The van der Waals surface area contributed by atoms with Gasteiger partial charge in [0.1, 0.15) is 12.7 Å². The Bertz CT molecular complexity index is 454. The lowest BCUT2D eigenvalue weighted by Gasteiger charge is -2.33. The normalized spacial score (nSPS) is 26.8. The van der Waals surface area contributed by atoms with Gasteiger partial charge in [-0.3, -0.25) is 4.79 Å². The van der Waals surface area contributed by atoms with Crippen molar-refractivity contribution in [2.45, 2.75) is 38.1 Å². The summed E-state index contributed by atoms with van der Waals surface area (Å²) in [5.41, 5.74) is 0. The Hall–Kier alpha value is -1.65. The molecule has 2 atom stereocenters. The Balaban J connectivity index is 1.58. The van der Waals surface area contributed by atoms with E-state index in [0.717, 1.165) is 38.8 Å². The fourth-order valence-electron chi connectivity index (χ4n) is 3.02. The van der Waals surface area contributed by atoms with Gasteiger partial charge in [0.05, 0.1) is 6.04 Å². The van der Waals surface area contributed by atoms with Gasteiger partial charge in [0.15, 0.2) is 0 Å². The molecular weight excluding hydrogens is 240 g/mol. The van der Waals surface area contributed by atoms with Crippen LogP contribution in [0.2, 0.25) is 0 Å².